The van der Waals surface area contributed by atoms with E-state index in [9.17, 15) is 13.2 Å². The fourth-order valence-electron chi connectivity index (χ4n) is 3.63. The minimum Gasteiger partial charge on any atom is -0.493 e. The Balaban J connectivity index is 1.44. The topological polar surface area (TPSA) is 84.9 Å². The summed E-state index contributed by atoms with van der Waals surface area (Å²) in [5.74, 6) is 1.31. The maximum absolute atomic E-state index is 12.6. The van der Waals surface area contributed by atoms with Gasteiger partial charge in [-0.1, -0.05) is 18.2 Å². The van der Waals surface area contributed by atoms with Crippen molar-refractivity contribution in [2.45, 2.75) is 37.0 Å². The molecule has 0 spiro atoms. The molecule has 0 atom stereocenters. The van der Waals surface area contributed by atoms with Gasteiger partial charge in [0.25, 0.3) is 0 Å². The first kappa shape index (κ1) is 23.1. The van der Waals surface area contributed by atoms with Gasteiger partial charge in [-0.2, -0.15) is 4.31 Å². The Bertz CT molecular complexity index is 984. The van der Waals surface area contributed by atoms with Gasteiger partial charge in [0.15, 0.2) is 11.5 Å². The third kappa shape index (κ3) is 5.98. The molecule has 1 heterocycles. The van der Waals surface area contributed by atoms with Crippen molar-refractivity contribution in [1.82, 2.24) is 9.62 Å². The summed E-state index contributed by atoms with van der Waals surface area (Å²) in [5, 5.41) is 2.93. The first-order chi connectivity index (χ1) is 14.9. The highest BCUT2D eigenvalue weighted by molar-refractivity contribution is 7.89. The minimum atomic E-state index is -3.40. The van der Waals surface area contributed by atoms with Gasteiger partial charge in [0.05, 0.1) is 19.1 Å². The van der Waals surface area contributed by atoms with E-state index in [-0.39, 0.29) is 5.91 Å². The Morgan fingerprint density at radius 1 is 0.935 bits per heavy atom. The quantitative estimate of drug-likeness (QED) is 0.607. The summed E-state index contributed by atoms with van der Waals surface area (Å²) in [5.41, 5.74) is 1.99. The molecule has 1 aliphatic heterocycles. The number of hydrogen-bond acceptors (Lipinski definition) is 5. The summed E-state index contributed by atoms with van der Waals surface area (Å²) in [6, 6.07) is 12.6. The second-order valence-electron chi connectivity index (χ2n) is 7.54. The molecule has 2 aromatic rings. The molecule has 0 bridgehead atoms. The van der Waals surface area contributed by atoms with Gasteiger partial charge < -0.3 is 14.8 Å². The Hall–Kier alpha value is -2.58. The van der Waals surface area contributed by atoms with E-state index in [0.29, 0.717) is 55.3 Å². The molecule has 0 aliphatic carbocycles. The largest absolute Gasteiger partial charge is 0.493 e. The first-order valence-corrected chi connectivity index (χ1v) is 11.9. The van der Waals surface area contributed by atoms with Crippen molar-refractivity contribution in [1.29, 1.82) is 0 Å². The number of rotatable bonds is 10. The number of ether oxygens (including phenoxy) is 2. The molecule has 0 radical (unpaired) electrons. The van der Waals surface area contributed by atoms with Gasteiger partial charge in [0, 0.05) is 26.1 Å². The number of amides is 1. The van der Waals surface area contributed by atoms with Crippen LogP contribution in [0.25, 0.3) is 0 Å². The molecule has 1 saturated heterocycles. The molecule has 168 valence electrons. The molecular formula is C23H30N2O5S. The van der Waals surface area contributed by atoms with Crippen LogP contribution < -0.4 is 14.8 Å². The zero-order valence-corrected chi connectivity index (χ0v) is 18.9. The molecule has 1 amide bonds. The zero-order valence-electron chi connectivity index (χ0n) is 18.1. The molecule has 0 saturated carbocycles. The van der Waals surface area contributed by atoms with E-state index in [2.05, 4.69) is 5.32 Å². The smallest absolute Gasteiger partial charge is 0.243 e. The molecule has 2 aromatic carbocycles. The standard InChI is InChI=1S/C23H30N2O5S/c1-29-21-11-7-19(17-22(21)30-2)13-14-24-23(26)12-8-18-5-9-20(10-6-18)31(27,28)25-15-3-4-16-25/h5-7,9-11,17H,3-4,8,12-16H2,1-2H3,(H,24,26). The van der Waals surface area contributed by atoms with Gasteiger partial charge in [-0.25, -0.2) is 8.42 Å². The SMILES string of the molecule is COc1ccc(CCNC(=O)CCc2ccc(S(=O)(=O)N3CCCC3)cc2)cc1OC. The predicted molar refractivity (Wildman–Crippen MR) is 119 cm³/mol. The number of nitrogens with zero attached hydrogens (tertiary/aromatic N) is 1. The first-order valence-electron chi connectivity index (χ1n) is 10.5. The monoisotopic (exact) mass is 446 g/mol. The van der Waals surface area contributed by atoms with E-state index in [1.165, 1.54) is 4.31 Å². The van der Waals surface area contributed by atoms with Gasteiger partial charge >= 0.3 is 0 Å². The fourth-order valence-corrected chi connectivity index (χ4v) is 5.15. The van der Waals surface area contributed by atoms with Crippen molar-refractivity contribution in [3.8, 4) is 11.5 Å². The van der Waals surface area contributed by atoms with Gasteiger partial charge in [-0.05, 0) is 61.1 Å². The van der Waals surface area contributed by atoms with E-state index in [0.717, 1.165) is 24.0 Å². The number of carbonyl (C=O) groups excluding carboxylic acids is 1. The molecule has 8 heteroatoms. The van der Waals surface area contributed by atoms with Crippen LogP contribution in [0.1, 0.15) is 30.4 Å². The predicted octanol–water partition coefficient (Wildman–Crippen LogP) is 2.78. The highest BCUT2D eigenvalue weighted by atomic mass is 32.2. The number of aryl methyl sites for hydroxylation is 1. The number of carbonyl (C=O) groups is 1. The van der Waals surface area contributed by atoms with E-state index in [1.54, 1.807) is 38.5 Å². The molecular weight excluding hydrogens is 416 g/mol. The second-order valence-corrected chi connectivity index (χ2v) is 9.48. The maximum atomic E-state index is 12.6. The molecule has 1 aliphatic rings. The van der Waals surface area contributed by atoms with E-state index < -0.39 is 10.0 Å². The Morgan fingerprint density at radius 3 is 2.23 bits per heavy atom. The molecule has 1 fully saturated rings. The fraction of sp³-hybridized carbons (Fsp3) is 0.435. The Morgan fingerprint density at radius 2 is 1.58 bits per heavy atom. The second kappa shape index (κ2) is 10.6. The van der Waals surface area contributed by atoms with E-state index in [4.69, 9.17) is 9.47 Å². The third-order valence-electron chi connectivity index (χ3n) is 5.45. The van der Waals surface area contributed by atoms with Gasteiger partial charge in [0.1, 0.15) is 0 Å². The lowest BCUT2D eigenvalue weighted by molar-refractivity contribution is -0.121. The average Bonchev–Trinajstić information content (AvgIpc) is 3.34. The lowest BCUT2D eigenvalue weighted by atomic mass is 10.1. The summed E-state index contributed by atoms with van der Waals surface area (Å²) in [6.07, 6.45) is 3.43. The Kier molecular flexibility index (Phi) is 7.92. The number of hydrogen-bond donors (Lipinski definition) is 1. The van der Waals surface area contributed by atoms with E-state index >= 15 is 0 Å². The van der Waals surface area contributed by atoms with Crippen LogP contribution in [0.5, 0.6) is 11.5 Å². The van der Waals surface area contributed by atoms with Crippen LogP contribution in [0.15, 0.2) is 47.4 Å². The molecule has 0 unspecified atom stereocenters. The lowest BCUT2D eigenvalue weighted by Crippen LogP contribution is -2.27. The van der Waals surface area contributed by atoms with Crippen LogP contribution in [-0.4, -0.2) is 52.5 Å². The number of sulfonamides is 1. The molecule has 3 rings (SSSR count). The molecule has 0 aromatic heterocycles. The average molecular weight is 447 g/mol. The number of benzene rings is 2. The normalized spacial score (nSPS) is 14.4. The summed E-state index contributed by atoms with van der Waals surface area (Å²) >= 11 is 0. The van der Waals surface area contributed by atoms with Crippen molar-refractivity contribution in [3.63, 3.8) is 0 Å². The van der Waals surface area contributed by atoms with Crippen molar-refractivity contribution < 1.29 is 22.7 Å². The number of nitrogens with one attached hydrogen (secondary N) is 1. The van der Waals surface area contributed by atoms with Gasteiger partial charge in [-0.15, -0.1) is 0 Å². The minimum absolute atomic E-state index is 0.0331. The number of methoxy groups -OCH3 is 2. The summed E-state index contributed by atoms with van der Waals surface area (Å²) in [7, 11) is -0.207. The van der Waals surface area contributed by atoms with Crippen LogP contribution in [-0.2, 0) is 27.7 Å². The van der Waals surface area contributed by atoms with Gasteiger partial charge in [-0.3, -0.25) is 4.79 Å². The van der Waals surface area contributed by atoms with Crippen molar-refractivity contribution in [2.24, 2.45) is 0 Å². The maximum Gasteiger partial charge on any atom is 0.243 e. The lowest BCUT2D eigenvalue weighted by Gasteiger charge is -2.15. The Labute approximate surface area is 184 Å². The highest BCUT2D eigenvalue weighted by Gasteiger charge is 2.26. The van der Waals surface area contributed by atoms with Crippen LogP contribution in [0.3, 0.4) is 0 Å². The van der Waals surface area contributed by atoms with Crippen molar-refractivity contribution >= 4 is 15.9 Å². The van der Waals surface area contributed by atoms with Crippen LogP contribution in [0.2, 0.25) is 0 Å². The van der Waals surface area contributed by atoms with Crippen molar-refractivity contribution in [3.05, 3.63) is 53.6 Å². The third-order valence-corrected chi connectivity index (χ3v) is 7.36. The van der Waals surface area contributed by atoms with E-state index in [1.807, 2.05) is 18.2 Å². The van der Waals surface area contributed by atoms with Crippen LogP contribution >= 0.6 is 0 Å². The summed E-state index contributed by atoms with van der Waals surface area (Å²) in [4.78, 5) is 12.5. The summed E-state index contributed by atoms with van der Waals surface area (Å²) in [6.45, 7) is 1.71. The van der Waals surface area contributed by atoms with Gasteiger partial charge in [0.2, 0.25) is 15.9 Å². The zero-order chi connectivity index (χ0) is 22.3. The summed E-state index contributed by atoms with van der Waals surface area (Å²) < 4.78 is 37.2. The van der Waals surface area contributed by atoms with Crippen molar-refractivity contribution in [2.75, 3.05) is 33.9 Å². The highest BCUT2D eigenvalue weighted by Crippen LogP contribution is 2.27. The van der Waals surface area contributed by atoms with Crippen LogP contribution in [0, 0.1) is 0 Å². The van der Waals surface area contributed by atoms with Crippen LogP contribution in [0.4, 0.5) is 0 Å². The molecule has 1 N–H and O–H groups in total. The molecule has 31 heavy (non-hydrogen) atoms. The molecule has 7 nitrogen and oxygen atoms in total.